The Labute approximate surface area is 76.4 Å². The highest BCUT2D eigenvalue weighted by atomic mass is 14.9. The van der Waals surface area contributed by atoms with E-state index < -0.39 is 0 Å². The van der Waals surface area contributed by atoms with Crippen LogP contribution in [-0.2, 0) is 0 Å². The van der Waals surface area contributed by atoms with Crippen molar-refractivity contribution in [3.8, 4) is 6.07 Å². The topological polar surface area (TPSA) is 52.5 Å². The SMILES string of the molecule is N#Cc1cnc(C2C=CC=CC2)[nH]1. The normalized spacial score (nSPS) is 20.1. The molecule has 3 nitrogen and oxygen atoms in total. The smallest absolute Gasteiger partial charge is 0.137 e. The first-order valence-electron chi connectivity index (χ1n) is 4.18. The summed E-state index contributed by atoms with van der Waals surface area (Å²) in [6, 6.07) is 2.03. The molecule has 1 aliphatic rings. The molecule has 1 aromatic heterocycles. The number of nitrogens with zero attached hydrogens (tertiary/aromatic N) is 2. The predicted octanol–water partition coefficient (Wildman–Crippen LogP) is 1.88. The Morgan fingerprint density at radius 3 is 3.08 bits per heavy atom. The molecule has 1 heterocycles. The lowest BCUT2D eigenvalue weighted by molar-refractivity contribution is 0.789. The summed E-state index contributed by atoms with van der Waals surface area (Å²) in [6.45, 7) is 0. The van der Waals surface area contributed by atoms with E-state index in [0.29, 0.717) is 11.6 Å². The van der Waals surface area contributed by atoms with Crippen molar-refractivity contribution < 1.29 is 0 Å². The Morgan fingerprint density at radius 2 is 2.46 bits per heavy atom. The second-order valence-corrected chi connectivity index (χ2v) is 2.95. The van der Waals surface area contributed by atoms with Gasteiger partial charge in [-0.3, -0.25) is 0 Å². The number of imidazole rings is 1. The van der Waals surface area contributed by atoms with Gasteiger partial charge < -0.3 is 4.98 Å². The molecule has 1 atom stereocenters. The Bertz CT molecular complexity index is 393. The van der Waals surface area contributed by atoms with Gasteiger partial charge in [-0.25, -0.2) is 4.98 Å². The van der Waals surface area contributed by atoms with Crippen molar-refractivity contribution in [3.63, 3.8) is 0 Å². The van der Waals surface area contributed by atoms with E-state index in [1.807, 2.05) is 18.2 Å². The summed E-state index contributed by atoms with van der Waals surface area (Å²) in [4.78, 5) is 7.12. The number of nitriles is 1. The lowest BCUT2D eigenvalue weighted by atomic mass is 10.0. The fraction of sp³-hybridized carbons (Fsp3) is 0.200. The maximum Gasteiger partial charge on any atom is 0.137 e. The van der Waals surface area contributed by atoms with Crippen LogP contribution in [0.3, 0.4) is 0 Å². The molecule has 1 unspecified atom stereocenters. The van der Waals surface area contributed by atoms with Crippen molar-refractivity contribution in [2.45, 2.75) is 12.3 Å². The van der Waals surface area contributed by atoms with Crippen molar-refractivity contribution in [2.75, 3.05) is 0 Å². The van der Waals surface area contributed by atoms with E-state index in [-0.39, 0.29) is 0 Å². The fourth-order valence-corrected chi connectivity index (χ4v) is 1.37. The monoisotopic (exact) mass is 171 g/mol. The number of nitrogens with one attached hydrogen (secondary N) is 1. The van der Waals surface area contributed by atoms with Crippen molar-refractivity contribution in [3.05, 3.63) is 42.0 Å². The summed E-state index contributed by atoms with van der Waals surface area (Å²) in [5.74, 6) is 1.17. The van der Waals surface area contributed by atoms with Gasteiger partial charge in [0.2, 0.25) is 0 Å². The predicted molar refractivity (Wildman–Crippen MR) is 48.9 cm³/mol. The highest BCUT2D eigenvalue weighted by Crippen LogP contribution is 2.21. The molecule has 13 heavy (non-hydrogen) atoms. The van der Waals surface area contributed by atoms with Crippen LogP contribution in [0.4, 0.5) is 0 Å². The molecule has 64 valence electrons. The molecule has 0 bridgehead atoms. The minimum Gasteiger partial charge on any atom is -0.333 e. The van der Waals surface area contributed by atoms with E-state index in [9.17, 15) is 0 Å². The lowest BCUT2D eigenvalue weighted by Gasteiger charge is -2.08. The van der Waals surface area contributed by atoms with Gasteiger partial charge in [0, 0.05) is 5.92 Å². The number of aromatic amines is 1. The standard InChI is InChI=1S/C10H9N3/c11-6-9-7-12-10(13-9)8-4-2-1-3-5-8/h1-4,7-8H,5H2,(H,12,13). The summed E-state index contributed by atoms with van der Waals surface area (Å²) in [7, 11) is 0. The molecular formula is C10H9N3. The van der Waals surface area contributed by atoms with Gasteiger partial charge >= 0.3 is 0 Å². The van der Waals surface area contributed by atoms with Crippen molar-refractivity contribution >= 4 is 0 Å². The van der Waals surface area contributed by atoms with Crippen LogP contribution in [0.25, 0.3) is 0 Å². The van der Waals surface area contributed by atoms with Crippen molar-refractivity contribution in [1.82, 2.24) is 9.97 Å². The maximum absolute atomic E-state index is 8.60. The Morgan fingerprint density at radius 1 is 1.54 bits per heavy atom. The highest BCUT2D eigenvalue weighted by molar-refractivity contribution is 5.24. The third-order valence-electron chi connectivity index (χ3n) is 2.05. The van der Waals surface area contributed by atoms with E-state index in [1.54, 1.807) is 6.20 Å². The molecule has 1 N–H and O–H groups in total. The molecule has 0 saturated carbocycles. The van der Waals surface area contributed by atoms with Crippen LogP contribution in [0.1, 0.15) is 23.9 Å². The number of aromatic nitrogens is 2. The van der Waals surface area contributed by atoms with E-state index in [1.165, 1.54) is 0 Å². The first-order chi connectivity index (χ1) is 6.40. The first kappa shape index (κ1) is 7.81. The third-order valence-corrected chi connectivity index (χ3v) is 2.05. The average molecular weight is 171 g/mol. The summed E-state index contributed by atoms with van der Waals surface area (Å²) < 4.78 is 0. The van der Waals surface area contributed by atoms with Crippen molar-refractivity contribution in [1.29, 1.82) is 5.26 Å². The molecule has 0 fully saturated rings. The van der Waals surface area contributed by atoms with Gasteiger partial charge in [0.15, 0.2) is 0 Å². The van der Waals surface area contributed by atoms with Gasteiger partial charge in [-0.15, -0.1) is 0 Å². The van der Waals surface area contributed by atoms with Gasteiger partial charge in [-0.2, -0.15) is 5.26 Å². The number of hydrogen-bond acceptors (Lipinski definition) is 2. The molecule has 0 aromatic carbocycles. The second kappa shape index (κ2) is 3.28. The van der Waals surface area contributed by atoms with Crippen LogP contribution in [0, 0.1) is 11.3 Å². The van der Waals surface area contributed by atoms with Crippen LogP contribution in [0.5, 0.6) is 0 Å². The molecule has 0 spiro atoms. The first-order valence-corrected chi connectivity index (χ1v) is 4.18. The number of hydrogen-bond donors (Lipinski definition) is 1. The van der Waals surface area contributed by atoms with E-state index in [4.69, 9.17) is 5.26 Å². The van der Waals surface area contributed by atoms with Crippen LogP contribution in [-0.4, -0.2) is 9.97 Å². The van der Waals surface area contributed by atoms with Gasteiger partial charge in [-0.05, 0) is 6.42 Å². The minimum absolute atomic E-state index is 0.298. The third kappa shape index (κ3) is 1.52. The van der Waals surface area contributed by atoms with Crippen LogP contribution in [0.2, 0.25) is 0 Å². The second-order valence-electron chi connectivity index (χ2n) is 2.95. The molecule has 1 aromatic rings. The summed E-state index contributed by atoms with van der Waals surface area (Å²) in [5, 5.41) is 8.60. The molecule has 0 radical (unpaired) electrons. The van der Waals surface area contributed by atoms with Gasteiger partial charge in [0.1, 0.15) is 17.6 Å². The zero-order valence-electron chi connectivity index (χ0n) is 7.07. The number of allylic oxidation sites excluding steroid dienone is 4. The summed E-state index contributed by atoms with van der Waals surface area (Å²) >= 11 is 0. The van der Waals surface area contributed by atoms with Crippen LogP contribution in [0.15, 0.2) is 30.5 Å². The van der Waals surface area contributed by atoms with Gasteiger partial charge in [0.25, 0.3) is 0 Å². The fourth-order valence-electron chi connectivity index (χ4n) is 1.37. The van der Waals surface area contributed by atoms with E-state index in [2.05, 4.69) is 22.1 Å². The maximum atomic E-state index is 8.60. The molecule has 1 aliphatic carbocycles. The molecule has 0 saturated heterocycles. The van der Waals surface area contributed by atoms with Crippen LogP contribution >= 0.6 is 0 Å². The van der Waals surface area contributed by atoms with Crippen LogP contribution < -0.4 is 0 Å². The lowest BCUT2D eigenvalue weighted by Crippen LogP contribution is -1.98. The Hall–Kier alpha value is -1.82. The van der Waals surface area contributed by atoms with E-state index >= 15 is 0 Å². The van der Waals surface area contributed by atoms with Crippen molar-refractivity contribution in [2.24, 2.45) is 0 Å². The Balaban J connectivity index is 2.22. The number of rotatable bonds is 1. The van der Waals surface area contributed by atoms with E-state index in [0.717, 1.165) is 12.2 Å². The quantitative estimate of drug-likeness (QED) is 0.701. The summed E-state index contributed by atoms with van der Waals surface area (Å²) in [5.41, 5.74) is 0.526. The molecule has 3 heteroatoms. The Kier molecular flexibility index (Phi) is 1.97. The molecule has 0 aliphatic heterocycles. The highest BCUT2D eigenvalue weighted by Gasteiger charge is 2.11. The zero-order valence-corrected chi connectivity index (χ0v) is 7.07. The average Bonchev–Trinajstić information content (AvgIpc) is 2.67. The summed E-state index contributed by atoms with van der Waals surface area (Å²) in [6.07, 6.45) is 10.7. The number of H-pyrrole nitrogens is 1. The van der Waals surface area contributed by atoms with Gasteiger partial charge in [-0.1, -0.05) is 24.3 Å². The molecule has 2 rings (SSSR count). The zero-order chi connectivity index (χ0) is 9.10. The molecule has 0 amide bonds. The van der Waals surface area contributed by atoms with Gasteiger partial charge in [0.05, 0.1) is 6.20 Å². The largest absolute Gasteiger partial charge is 0.333 e. The molecular weight excluding hydrogens is 162 g/mol. The minimum atomic E-state index is 0.298.